The van der Waals surface area contributed by atoms with Gasteiger partial charge in [0.1, 0.15) is 54.4 Å². The summed E-state index contributed by atoms with van der Waals surface area (Å²) in [5.41, 5.74) is 47.2. The number of nitrogens with one attached hydrogen (secondary N) is 11. The predicted octanol–water partition coefficient (Wildman–Crippen LogP) is -5.91. The minimum Gasteiger partial charge on any atom is -0.391 e. The van der Waals surface area contributed by atoms with Crippen molar-refractivity contribution in [1.82, 2.24) is 57.8 Å². The minimum atomic E-state index is -1.92. The summed E-state index contributed by atoms with van der Waals surface area (Å²) in [6.45, 7) is 6.14. The van der Waals surface area contributed by atoms with Crippen molar-refractivity contribution in [3.8, 4) is 0 Å². The highest BCUT2D eigenvalue weighted by atomic mass is 16.3. The van der Waals surface area contributed by atoms with Crippen molar-refractivity contribution >= 4 is 98.7 Å². The number of aliphatic hydroxyl groups is 2. The SMILES string of the molecule is CC(C)[C@H](NC(=O)[C@H](Cc1c[nH]c2ccccc12)NC(=O)[C@@H](NC(=O)[C@H](Cc1c[nH]c2ccccc12)NC(=O)[C@@H](NC(=O)[C@H](CCCCN)NC(=O)[C@H](CC(N)=O)NC(=O)[C@H](CC(N)=O)NC(=O)[C@H](CCCCN)NC(=O)[C@@H](N)CCCN=C(N)N)[C@@H](C)O)[C@@H](C)O)C(N)=O. The standard InChI is InChI=1S/C61H94N20O14/c1-30(2)48(51(67)86)79-57(92)42(24-33-28-71-38-17-7-5-14-35(33)38)77-60(95)50(32(4)83)81-58(93)43(25-34-29-72-39-18-8-6-15-36(34)39)78-59(94)49(31(3)82)80-54(89)41(20-10-12-22-63)74-55(90)44(26-46(65)84)76-56(91)45(27-47(66)85)75-53(88)40(19-9-11-21-62)73-52(87)37(64)16-13-23-70-61(68)69/h5-8,14-15,17-18,28-32,37,40-45,48-50,71-72,82-83H,9-13,16,19-27,62-64H2,1-4H3,(H2,65,84)(H2,66,85)(H2,67,86)(H,73,87)(H,74,90)(H,75,88)(H,76,91)(H,77,95)(H,78,94)(H,79,92)(H,80,89)(H,81,93)(H4,68,69,70)/t31-,32-,37+,40+,41+,42+,43+,44+,45+,48+,49+,50+/m1/s1. The monoisotopic (exact) mass is 1330 g/mol. The van der Waals surface area contributed by atoms with E-state index in [0.29, 0.717) is 52.2 Å². The number of hydrogen-bond donors (Lipinski definition) is 21. The van der Waals surface area contributed by atoms with Gasteiger partial charge in [0.2, 0.25) is 70.9 Å². The number of unbranched alkanes of at least 4 members (excludes halogenated alkanes) is 2. The summed E-state index contributed by atoms with van der Waals surface area (Å²) in [5, 5.41) is 45.9. The van der Waals surface area contributed by atoms with E-state index in [0.717, 1.165) is 6.92 Å². The van der Waals surface area contributed by atoms with Crippen molar-refractivity contribution in [2.75, 3.05) is 19.6 Å². The van der Waals surface area contributed by atoms with Gasteiger partial charge in [-0.3, -0.25) is 62.5 Å². The molecule has 0 fully saturated rings. The first-order valence-electron chi connectivity index (χ1n) is 31.2. The van der Waals surface area contributed by atoms with Gasteiger partial charge in [0.25, 0.3) is 0 Å². The molecule has 0 aliphatic heterocycles. The summed E-state index contributed by atoms with van der Waals surface area (Å²) >= 11 is 0. The number of aliphatic hydroxyl groups excluding tert-OH is 2. The number of primary amides is 3. The van der Waals surface area contributed by atoms with Gasteiger partial charge in [-0.2, -0.15) is 0 Å². The van der Waals surface area contributed by atoms with Crippen molar-refractivity contribution in [2.45, 2.75) is 177 Å². The Morgan fingerprint density at radius 3 is 1.18 bits per heavy atom. The smallest absolute Gasteiger partial charge is 0.245 e. The fraction of sp³-hybridized carbons (Fsp3) is 0.525. The maximum atomic E-state index is 14.7. The molecule has 0 spiro atoms. The number of carbonyl (C=O) groups is 12. The van der Waals surface area contributed by atoms with Gasteiger partial charge in [0.15, 0.2) is 5.96 Å². The Balaban J connectivity index is 1.62. The third-order valence-electron chi connectivity index (χ3n) is 15.4. The van der Waals surface area contributed by atoms with Crippen molar-refractivity contribution in [3.05, 3.63) is 72.1 Å². The van der Waals surface area contributed by atoms with Crippen LogP contribution in [0.15, 0.2) is 65.9 Å². The van der Waals surface area contributed by atoms with Crippen LogP contribution in [0.2, 0.25) is 0 Å². The van der Waals surface area contributed by atoms with E-state index in [1.54, 1.807) is 74.8 Å². The number of para-hydroxylation sites is 2. The summed E-state index contributed by atoms with van der Waals surface area (Å²) < 4.78 is 0. The third-order valence-corrected chi connectivity index (χ3v) is 15.4. The first kappa shape index (κ1) is 77.7. The van der Waals surface area contributed by atoms with Gasteiger partial charge in [-0.1, -0.05) is 50.2 Å². The van der Waals surface area contributed by atoms with Crippen molar-refractivity contribution in [2.24, 2.45) is 56.8 Å². The number of amides is 12. The Bertz CT molecular complexity index is 3330. The van der Waals surface area contributed by atoms with E-state index in [4.69, 9.17) is 45.9 Å². The molecule has 0 aliphatic rings. The topological polar surface area (TPSA) is 606 Å². The number of aromatic nitrogens is 2. The molecule has 34 heteroatoms. The van der Waals surface area contributed by atoms with Gasteiger partial charge < -0.3 is 114 Å². The Hall–Kier alpha value is -9.77. The molecule has 0 bridgehead atoms. The molecule has 12 atom stereocenters. The molecule has 522 valence electrons. The number of aliphatic imine (C=N–C) groups is 1. The van der Waals surface area contributed by atoms with Crippen LogP contribution in [0.1, 0.15) is 103 Å². The first-order valence-corrected chi connectivity index (χ1v) is 31.2. The van der Waals surface area contributed by atoms with Crippen molar-refractivity contribution in [3.63, 3.8) is 0 Å². The van der Waals surface area contributed by atoms with E-state index in [2.05, 4.69) is 62.8 Å². The molecule has 0 radical (unpaired) electrons. The van der Waals surface area contributed by atoms with Crippen LogP contribution in [-0.2, 0) is 70.4 Å². The minimum absolute atomic E-state index is 0.00947. The lowest BCUT2D eigenvalue weighted by Crippen LogP contribution is -2.63. The number of rotatable bonds is 42. The predicted molar refractivity (Wildman–Crippen MR) is 350 cm³/mol. The molecule has 95 heavy (non-hydrogen) atoms. The second-order valence-electron chi connectivity index (χ2n) is 23.5. The number of hydrogen-bond acceptors (Lipinski definition) is 18. The Kier molecular flexibility index (Phi) is 31.4. The molecule has 4 rings (SSSR count). The van der Waals surface area contributed by atoms with Gasteiger partial charge in [0, 0.05) is 53.6 Å². The number of benzene rings is 2. The molecule has 2 heterocycles. The number of nitrogens with zero attached hydrogens (tertiary/aromatic N) is 1. The van der Waals surface area contributed by atoms with Crippen LogP contribution in [0.5, 0.6) is 0 Å². The summed E-state index contributed by atoms with van der Waals surface area (Å²) in [5.74, 6) is -13.1. The lowest BCUT2D eigenvalue weighted by Gasteiger charge is -2.29. The normalized spacial score (nSPS) is 15.1. The van der Waals surface area contributed by atoms with Gasteiger partial charge in [0.05, 0.1) is 31.1 Å². The van der Waals surface area contributed by atoms with Gasteiger partial charge in [-0.05, 0) is 107 Å². The van der Waals surface area contributed by atoms with E-state index < -0.39 is 162 Å². The lowest BCUT2D eigenvalue weighted by molar-refractivity contribution is -0.138. The molecule has 29 N–H and O–H groups in total. The number of H-pyrrole nitrogens is 2. The quantitative estimate of drug-likeness (QED) is 0.0112. The maximum Gasteiger partial charge on any atom is 0.245 e. The fourth-order valence-electron chi connectivity index (χ4n) is 10.2. The average molecular weight is 1330 g/mol. The molecule has 0 unspecified atom stereocenters. The summed E-state index contributed by atoms with van der Waals surface area (Å²) in [4.78, 5) is 175. The number of nitrogens with two attached hydrogens (primary N) is 8. The molecule has 0 saturated heterocycles. The highest BCUT2D eigenvalue weighted by Gasteiger charge is 2.39. The molecular weight excluding hydrogens is 1240 g/mol. The number of carbonyl (C=O) groups excluding carboxylic acids is 12. The highest BCUT2D eigenvalue weighted by molar-refractivity contribution is 6.01. The largest absolute Gasteiger partial charge is 0.391 e. The van der Waals surface area contributed by atoms with Crippen LogP contribution in [0.25, 0.3) is 21.8 Å². The molecule has 12 amide bonds. The number of fused-ring (bicyclic) bond motifs is 2. The van der Waals surface area contributed by atoms with Gasteiger partial charge in [-0.15, -0.1) is 0 Å². The van der Waals surface area contributed by atoms with E-state index in [-0.39, 0.29) is 70.5 Å². The second-order valence-corrected chi connectivity index (χ2v) is 23.5. The van der Waals surface area contributed by atoms with Crippen molar-refractivity contribution in [1.29, 1.82) is 0 Å². The molecule has 4 aromatic rings. The zero-order valence-corrected chi connectivity index (χ0v) is 53.7. The van der Waals surface area contributed by atoms with Gasteiger partial charge >= 0.3 is 0 Å². The molecule has 0 saturated carbocycles. The summed E-state index contributed by atoms with van der Waals surface area (Å²) in [7, 11) is 0. The van der Waals surface area contributed by atoms with E-state index in [1.807, 2.05) is 0 Å². The molecule has 34 nitrogen and oxygen atoms in total. The van der Waals surface area contributed by atoms with Crippen LogP contribution in [0.4, 0.5) is 0 Å². The average Bonchev–Trinajstić information content (AvgIpc) is 1.75. The second kappa shape index (κ2) is 38.4. The Morgan fingerprint density at radius 1 is 0.442 bits per heavy atom. The summed E-state index contributed by atoms with van der Waals surface area (Å²) in [6, 6.07) is -1.75. The lowest BCUT2D eigenvalue weighted by atomic mass is 10.00. The van der Waals surface area contributed by atoms with Crippen LogP contribution < -0.4 is 93.7 Å². The fourth-order valence-corrected chi connectivity index (χ4v) is 10.2. The molecular formula is C61H94N20O14. The zero-order chi connectivity index (χ0) is 70.6. The third kappa shape index (κ3) is 24.9. The van der Waals surface area contributed by atoms with Gasteiger partial charge in [-0.25, -0.2) is 0 Å². The van der Waals surface area contributed by atoms with Crippen LogP contribution in [0, 0.1) is 5.92 Å². The highest BCUT2D eigenvalue weighted by Crippen LogP contribution is 2.22. The summed E-state index contributed by atoms with van der Waals surface area (Å²) in [6.07, 6.45) is -1.10. The molecule has 2 aromatic heterocycles. The number of aromatic amines is 2. The molecule has 0 aliphatic carbocycles. The van der Waals surface area contributed by atoms with Crippen LogP contribution >= 0.6 is 0 Å². The van der Waals surface area contributed by atoms with Crippen LogP contribution in [0.3, 0.4) is 0 Å². The van der Waals surface area contributed by atoms with Crippen LogP contribution in [-0.4, -0.2) is 189 Å². The van der Waals surface area contributed by atoms with Crippen molar-refractivity contribution < 1.29 is 67.7 Å². The van der Waals surface area contributed by atoms with E-state index in [9.17, 15) is 67.7 Å². The Labute approximate surface area is 548 Å². The maximum absolute atomic E-state index is 14.7. The van der Waals surface area contributed by atoms with E-state index >= 15 is 0 Å². The zero-order valence-electron chi connectivity index (χ0n) is 53.7. The number of guanidine groups is 1. The molecule has 2 aromatic carbocycles. The Morgan fingerprint density at radius 2 is 0.800 bits per heavy atom. The van der Waals surface area contributed by atoms with E-state index in [1.165, 1.54) is 6.92 Å². The first-order chi connectivity index (χ1) is 45.0.